The first kappa shape index (κ1) is 26.3. The Morgan fingerprint density at radius 3 is 2.14 bits per heavy atom. The number of rotatable bonds is 8. The fourth-order valence-corrected chi connectivity index (χ4v) is 5.93. The van der Waals surface area contributed by atoms with Gasteiger partial charge in [0.15, 0.2) is 11.5 Å². The standard InChI is InChI=1S/C32H32N4O6/c1-18-8-24-26(34-15-22-10-23(37)17-36(22)31(24)38)12-28(18)41-6-3-7-42-30-13-27-25(11-29(30)40-2)32(39)35-16-20(19-4-5-19)9-21(35)14-33-27/h8,11-17,19,21-22,37H,3-7,9-10H2,1-2H3/t21-,22-/m0/s1. The number of fused-ring (bicyclic) bond motifs is 4. The third kappa shape index (κ3) is 4.70. The Hall–Kier alpha value is -4.60. The summed E-state index contributed by atoms with van der Waals surface area (Å²) in [5.41, 5.74) is 4.26. The van der Waals surface area contributed by atoms with Crippen LogP contribution in [-0.4, -0.2) is 71.6 Å². The van der Waals surface area contributed by atoms with Crippen LogP contribution in [0.4, 0.5) is 11.4 Å². The highest BCUT2D eigenvalue weighted by molar-refractivity contribution is 6.05. The van der Waals surface area contributed by atoms with Crippen molar-refractivity contribution in [3.63, 3.8) is 0 Å². The largest absolute Gasteiger partial charge is 0.511 e. The van der Waals surface area contributed by atoms with Gasteiger partial charge in [-0.25, -0.2) is 0 Å². The number of hydrogen-bond donors (Lipinski definition) is 1. The van der Waals surface area contributed by atoms with Crippen molar-refractivity contribution in [3.05, 3.63) is 64.7 Å². The number of benzene rings is 2. The van der Waals surface area contributed by atoms with Crippen LogP contribution in [0.15, 0.2) is 58.0 Å². The molecule has 10 nitrogen and oxygen atoms in total. The number of aliphatic hydroxyl groups excluding tert-OH is 1. The average molecular weight is 569 g/mol. The molecule has 0 saturated heterocycles. The van der Waals surface area contributed by atoms with Crippen molar-refractivity contribution >= 4 is 35.6 Å². The zero-order valence-electron chi connectivity index (χ0n) is 23.6. The topological polar surface area (TPSA) is 113 Å². The number of amides is 2. The van der Waals surface area contributed by atoms with Crippen LogP contribution >= 0.6 is 0 Å². The van der Waals surface area contributed by atoms with Crippen LogP contribution in [0.3, 0.4) is 0 Å². The van der Waals surface area contributed by atoms with Gasteiger partial charge >= 0.3 is 0 Å². The zero-order valence-corrected chi connectivity index (χ0v) is 23.6. The first-order valence-electron chi connectivity index (χ1n) is 14.4. The highest BCUT2D eigenvalue weighted by Gasteiger charge is 2.38. The van der Waals surface area contributed by atoms with Crippen LogP contribution in [0.25, 0.3) is 0 Å². The third-order valence-corrected chi connectivity index (χ3v) is 8.35. The molecular weight excluding hydrogens is 536 g/mol. The maximum atomic E-state index is 13.4. The van der Waals surface area contributed by atoms with Crippen molar-refractivity contribution in [1.82, 2.24) is 9.80 Å². The van der Waals surface area contributed by atoms with Crippen LogP contribution < -0.4 is 14.2 Å². The van der Waals surface area contributed by atoms with Crippen LogP contribution in [0, 0.1) is 12.8 Å². The van der Waals surface area contributed by atoms with E-state index in [1.165, 1.54) is 29.5 Å². The fourth-order valence-electron chi connectivity index (χ4n) is 5.93. The number of aliphatic imine (C=N–C) groups is 2. The molecule has 7 rings (SSSR count). The molecule has 10 heteroatoms. The molecule has 1 fully saturated rings. The maximum Gasteiger partial charge on any atom is 0.260 e. The number of aliphatic hydroxyl groups is 1. The monoisotopic (exact) mass is 568 g/mol. The first-order valence-corrected chi connectivity index (χ1v) is 14.4. The number of methoxy groups -OCH3 is 1. The maximum absolute atomic E-state index is 13.4. The zero-order chi connectivity index (χ0) is 29.0. The molecule has 1 saturated carbocycles. The summed E-state index contributed by atoms with van der Waals surface area (Å²) < 4.78 is 17.7. The van der Waals surface area contributed by atoms with E-state index in [4.69, 9.17) is 14.2 Å². The van der Waals surface area contributed by atoms with Gasteiger partial charge in [0.2, 0.25) is 0 Å². The first-order chi connectivity index (χ1) is 20.4. The lowest BCUT2D eigenvalue weighted by Crippen LogP contribution is -2.32. The van der Waals surface area contributed by atoms with Crippen LogP contribution in [-0.2, 0) is 0 Å². The van der Waals surface area contributed by atoms with Gasteiger partial charge in [-0.1, -0.05) is 0 Å². The summed E-state index contributed by atoms with van der Waals surface area (Å²) in [6, 6.07) is 6.72. The quantitative estimate of drug-likeness (QED) is 0.427. The second-order valence-electron chi connectivity index (χ2n) is 11.3. The third-order valence-electron chi connectivity index (χ3n) is 8.35. The number of nitrogens with zero attached hydrogens (tertiary/aromatic N) is 4. The number of hydrogen-bond acceptors (Lipinski definition) is 8. The van der Waals surface area contributed by atoms with Gasteiger partial charge in [-0.2, -0.15) is 0 Å². The minimum atomic E-state index is -0.283. The Bertz CT molecular complexity index is 1600. The Morgan fingerprint density at radius 1 is 0.833 bits per heavy atom. The molecule has 216 valence electrons. The van der Waals surface area contributed by atoms with Gasteiger partial charge in [-0.15, -0.1) is 0 Å². The van der Waals surface area contributed by atoms with Crippen LogP contribution in [0.2, 0.25) is 0 Å². The van der Waals surface area contributed by atoms with Crippen molar-refractivity contribution in [2.75, 3.05) is 20.3 Å². The van der Waals surface area contributed by atoms with E-state index in [9.17, 15) is 14.7 Å². The normalized spacial score (nSPS) is 22.0. The second-order valence-corrected chi connectivity index (χ2v) is 11.3. The van der Waals surface area contributed by atoms with E-state index >= 15 is 0 Å². The van der Waals surface area contributed by atoms with Gasteiger partial charge in [0.25, 0.3) is 11.8 Å². The summed E-state index contributed by atoms with van der Waals surface area (Å²) >= 11 is 0. The molecule has 2 atom stereocenters. The van der Waals surface area contributed by atoms with E-state index < -0.39 is 0 Å². The molecule has 2 aromatic rings. The Morgan fingerprint density at radius 2 is 1.45 bits per heavy atom. The van der Waals surface area contributed by atoms with E-state index in [1.54, 1.807) is 42.5 Å². The van der Waals surface area contributed by atoms with Gasteiger partial charge in [-0.3, -0.25) is 19.6 Å². The minimum absolute atomic E-state index is 0.0457. The molecule has 0 aromatic heterocycles. The Balaban J connectivity index is 0.992. The van der Waals surface area contributed by atoms with Gasteiger partial charge in [0.05, 0.1) is 54.9 Å². The summed E-state index contributed by atoms with van der Waals surface area (Å²) in [4.78, 5) is 38.9. The van der Waals surface area contributed by atoms with Crippen LogP contribution in [0.1, 0.15) is 58.4 Å². The van der Waals surface area contributed by atoms with Gasteiger partial charge in [0, 0.05) is 49.8 Å². The molecule has 5 aliphatic rings. The highest BCUT2D eigenvalue weighted by atomic mass is 16.5. The number of aryl methyl sites for hydroxylation is 1. The van der Waals surface area contributed by atoms with Crippen molar-refractivity contribution < 1.29 is 28.9 Å². The lowest BCUT2D eigenvalue weighted by molar-refractivity contribution is 0.0809. The van der Waals surface area contributed by atoms with Crippen LogP contribution in [0.5, 0.6) is 17.2 Å². The summed E-state index contributed by atoms with van der Waals surface area (Å²) in [5, 5.41) is 9.83. The van der Waals surface area contributed by atoms with E-state index in [1.807, 2.05) is 19.3 Å². The minimum Gasteiger partial charge on any atom is -0.511 e. The fraction of sp³-hybridized carbons (Fsp3) is 0.375. The molecule has 1 N–H and O–H groups in total. The molecule has 42 heavy (non-hydrogen) atoms. The molecule has 1 aliphatic carbocycles. The predicted molar refractivity (Wildman–Crippen MR) is 157 cm³/mol. The van der Waals surface area contributed by atoms with Crippen molar-refractivity contribution in [1.29, 1.82) is 0 Å². The smallest absolute Gasteiger partial charge is 0.260 e. The highest BCUT2D eigenvalue weighted by Crippen LogP contribution is 2.44. The van der Waals surface area contributed by atoms with E-state index in [2.05, 4.69) is 9.98 Å². The van der Waals surface area contributed by atoms with E-state index in [0.717, 1.165) is 12.0 Å². The van der Waals surface area contributed by atoms with Gasteiger partial charge in [0.1, 0.15) is 11.5 Å². The summed E-state index contributed by atoms with van der Waals surface area (Å²) in [7, 11) is 1.56. The Labute approximate surface area is 243 Å². The van der Waals surface area contributed by atoms with Crippen molar-refractivity contribution in [2.24, 2.45) is 15.9 Å². The molecule has 2 aromatic carbocycles. The van der Waals surface area contributed by atoms with E-state index in [0.29, 0.717) is 71.7 Å². The second kappa shape index (κ2) is 10.3. The molecular formula is C32H32N4O6. The van der Waals surface area contributed by atoms with Gasteiger partial charge < -0.3 is 29.1 Å². The number of carbonyl (C=O) groups is 2. The molecule has 4 aliphatic heterocycles. The number of carbonyl (C=O) groups excluding carboxylic acids is 2. The molecule has 2 amide bonds. The average Bonchev–Trinajstić information content (AvgIpc) is 3.69. The van der Waals surface area contributed by atoms with Gasteiger partial charge in [-0.05, 0) is 55.4 Å². The summed E-state index contributed by atoms with van der Waals surface area (Å²) in [6.45, 7) is 2.64. The molecule has 0 unspecified atom stereocenters. The molecule has 0 bridgehead atoms. The molecule has 4 heterocycles. The van der Waals surface area contributed by atoms with Crippen molar-refractivity contribution in [3.8, 4) is 17.2 Å². The van der Waals surface area contributed by atoms with E-state index in [-0.39, 0.29) is 29.7 Å². The summed E-state index contributed by atoms with van der Waals surface area (Å²) in [5.74, 6) is 2.18. The molecule has 0 spiro atoms. The lowest BCUT2D eigenvalue weighted by atomic mass is 10.1. The Kier molecular flexibility index (Phi) is 6.48. The number of ether oxygens (including phenoxy) is 3. The summed E-state index contributed by atoms with van der Waals surface area (Å²) in [6.07, 6.45) is 11.3. The molecule has 0 radical (unpaired) electrons. The lowest BCUT2D eigenvalue weighted by Gasteiger charge is -2.19. The van der Waals surface area contributed by atoms with Crippen molar-refractivity contribution in [2.45, 2.75) is 51.1 Å². The predicted octanol–water partition coefficient (Wildman–Crippen LogP) is 5.41. The SMILES string of the molecule is COc1cc2c(cc1OCCCOc1cc3c(cc1C)C(=O)N1C=C(O)C[C@H]1C=N3)N=C[C@@H]1CC(C3CC3)=CN1C2=O.